The molecule has 2 saturated heterocycles. The quantitative estimate of drug-likeness (QED) is 0.778. The Labute approximate surface area is 182 Å². The van der Waals surface area contributed by atoms with Crippen LogP contribution in [0, 0.1) is 5.92 Å². The summed E-state index contributed by atoms with van der Waals surface area (Å²) in [6.07, 6.45) is -0.584. The zero-order chi connectivity index (χ0) is 22.9. The minimum absolute atomic E-state index is 0.0315. The van der Waals surface area contributed by atoms with Gasteiger partial charge in [-0.15, -0.1) is 0 Å². The summed E-state index contributed by atoms with van der Waals surface area (Å²) in [7, 11) is 0. The number of likely N-dealkylation sites (tertiary alicyclic amines) is 1. The SMILES string of the molecule is O=C(NC1CCN(C(=O)c2ccoc2)CC1)C1CC(=O)N(c2cccc(C(F)(F)F)c2)C1. The minimum atomic E-state index is -4.51. The van der Waals surface area contributed by atoms with Crippen LogP contribution in [0.4, 0.5) is 18.9 Å². The van der Waals surface area contributed by atoms with E-state index in [4.69, 9.17) is 4.42 Å². The Morgan fingerprint density at radius 3 is 2.53 bits per heavy atom. The van der Waals surface area contributed by atoms with Gasteiger partial charge in [0.05, 0.1) is 23.3 Å². The average Bonchev–Trinajstić information content (AvgIpc) is 3.43. The van der Waals surface area contributed by atoms with E-state index in [1.54, 1.807) is 11.0 Å². The fraction of sp³-hybridized carbons (Fsp3) is 0.409. The molecule has 3 heterocycles. The first-order chi connectivity index (χ1) is 15.2. The van der Waals surface area contributed by atoms with Crippen molar-refractivity contribution >= 4 is 23.4 Å². The summed E-state index contributed by atoms with van der Waals surface area (Å²) >= 11 is 0. The standard InChI is InChI=1S/C22H22F3N3O4/c23-22(24,25)16-2-1-3-18(11-16)28-12-15(10-19(28)29)20(30)26-17-4-7-27(8-5-17)21(31)14-6-9-32-13-14/h1-3,6,9,11,13,15,17H,4-5,7-8,10,12H2,(H,26,30). The van der Waals surface area contributed by atoms with Crippen LogP contribution in [0.5, 0.6) is 0 Å². The van der Waals surface area contributed by atoms with Crippen molar-refractivity contribution < 1.29 is 32.0 Å². The van der Waals surface area contributed by atoms with E-state index in [-0.39, 0.29) is 42.4 Å². The third-order valence-electron chi connectivity index (χ3n) is 5.88. The number of nitrogens with one attached hydrogen (secondary N) is 1. The second kappa shape index (κ2) is 8.68. The van der Waals surface area contributed by atoms with Crippen LogP contribution in [0.25, 0.3) is 0 Å². The Morgan fingerprint density at radius 2 is 1.88 bits per heavy atom. The van der Waals surface area contributed by atoms with Crippen molar-refractivity contribution in [3.05, 3.63) is 54.0 Å². The van der Waals surface area contributed by atoms with Crippen LogP contribution in [0.1, 0.15) is 35.2 Å². The van der Waals surface area contributed by atoms with E-state index in [1.165, 1.54) is 29.6 Å². The van der Waals surface area contributed by atoms with Crippen LogP contribution >= 0.6 is 0 Å². The van der Waals surface area contributed by atoms with Gasteiger partial charge in [-0.1, -0.05) is 6.07 Å². The van der Waals surface area contributed by atoms with Crippen LogP contribution in [-0.2, 0) is 15.8 Å². The van der Waals surface area contributed by atoms with Gasteiger partial charge in [-0.05, 0) is 37.1 Å². The molecular weight excluding hydrogens is 427 g/mol. The van der Waals surface area contributed by atoms with Gasteiger partial charge in [0.25, 0.3) is 5.91 Å². The molecule has 4 rings (SSSR count). The third-order valence-corrected chi connectivity index (χ3v) is 5.88. The highest BCUT2D eigenvalue weighted by Gasteiger charge is 2.38. The maximum Gasteiger partial charge on any atom is 0.416 e. The summed E-state index contributed by atoms with van der Waals surface area (Å²) in [5.41, 5.74) is -0.231. The van der Waals surface area contributed by atoms with Crippen LogP contribution in [0.3, 0.4) is 0 Å². The number of carbonyl (C=O) groups is 3. The van der Waals surface area contributed by atoms with Gasteiger partial charge in [0, 0.05) is 37.8 Å². The molecule has 3 amide bonds. The molecule has 170 valence electrons. The van der Waals surface area contributed by atoms with Gasteiger partial charge >= 0.3 is 6.18 Å². The molecule has 2 aromatic rings. The molecule has 7 nitrogen and oxygen atoms in total. The van der Waals surface area contributed by atoms with Gasteiger partial charge < -0.3 is 19.5 Å². The highest BCUT2D eigenvalue weighted by atomic mass is 19.4. The molecule has 2 aliphatic heterocycles. The molecule has 0 aliphatic carbocycles. The molecule has 1 aromatic carbocycles. The minimum Gasteiger partial charge on any atom is -0.472 e. The first kappa shape index (κ1) is 21.9. The number of rotatable bonds is 4. The summed E-state index contributed by atoms with van der Waals surface area (Å²) in [5, 5.41) is 2.93. The second-order valence-corrected chi connectivity index (χ2v) is 8.04. The van der Waals surface area contributed by atoms with Crippen molar-refractivity contribution in [1.29, 1.82) is 0 Å². The number of hydrogen-bond acceptors (Lipinski definition) is 4. The number of furan rings is 1. The summed E-state index contributed by atoms with van der Waals surface area (Å²) < 4.78 is 43.9. The van der Waals surface area contributed by atoms with Gasteiger partial charge in [-0.2, -0.15) is 13.2 Å². The molecule has 1 N–H and O–H groups in total. The molecule has 32 heavy (non-hydrogen) atoms. The van der Waals surface area contributed by atoms with Crippen molar-refractivity contribution in [2.45, 2.75) is 31.5 Å². The van der Waals surface area contributed by atoms with E-state index in [2.05, 4.69) is 5.32 Å². The molecular formula is C22H22F3N3O4. The summed E-state index contributed by atoms with van der Waals surface area (Å²) in [6.45, 7) is 0.994. The fourth-order valence-corrected chi connectivity index (χ4v) is 4.10. The smallest absolute Gasteiger partial charge is 0.416 e. The monoisotopic (exact) mass is 449 g/mol. The highest BCUT2D eigenvalue weighted by Crippen LogP contribution is 2.33. The highest BCUT2D eigenvalue weighted by molar-refractivity contribution is 6.00. The number of carbonyl (C=O) groups excluding carboxylic acids is 3. The van der Waals surface area contributed by atoms with Crippen LogP contribution in [-0.4, -0.2) is 48.3 Å². The number of piperidine rings is 1. The summed E-state index contributed by atoms with van der Waals surface area (Å²) in [6, 6.07) is 6.01. The van der Waals surface area contributed by atoms with E-state index in [1.807, 2.05) is 0 Å². The van der Waals surface area contributed by atoms with Gasteiger partial charge in [-0.25, -0.2) is 0 Å². The predicted molar refractivity (Wildman–Crippen MR) is 108 cm³/mol. The van der Waals surface area contributed by atoms with E-state index in [0.717, 1.165) is 12.1 Å². The number of alkyl halides is 3. The third kappa shape index (κ3) is 4.63. The Balaban J connectivity index is 1.31. The van der Waals surface area contributed by atoms with Gasteiger partial charge in [0.2, 0.25) is 11.8 Å². The van der Waals surface area contributed by atoms with Crippen molar-refractivity contribution in [1.82, 2.24) is 10.2 Å². The summed E-state index contributed by atoms with van der Waals surface area (Å²) in [4.78, 5) is 40.4. The largest absolute Gasteiger partial charge is 0.472 e. The normalized spacial score (nSPS) is 20.0. The molecule has 0 spiro atoms. The fourth-order valence-electron chi connectivity index (χ4n) is 4.10. The van der Waals surface area contributed by atoms with Gasteiger partial charge in [0.1, 0.15) is 6.26 Å². The van der Waals surface area contributed by atoms with Gasteiger partial charge in [0.15, 0.2) is 0 Å². The lowest BCUT2D eigenvalue weighted by molar-refractivity contribution is -0.137. The van der Waals surface area contributed by atoms with E-state index in [0.29, 0.717) is 31.5 Å². The molecule has 1 atom stereocenters. The first-order valence-electron chi connectivity index (χ1n) is 10.3. The number of nitrogens with zero attached hydrogens (tertiary/aromatic N) is 2. The predicted octanol–water partition coefficient (Wildman–Crippen LogP) is 3.07. The Bertz CT molecular complexity index is 998. The zero-order valence-corrected chi connectivity index (χ0v) is 17.1. The topological polar surface area (TPSA) is 82.9 Å². The van der Waals surface area contributed by atoms with Crippen LogP contribution < -0.4 is 10.2 Å². The van der Waals surface area contributed by atoms with E-state index >= 15 is 0 Å². The molecule has 1 unspecified atom stereocenters. The first-order valence-corrected chi connectivity index (χ1v) is 10.3. The second-order valence-electron chi connectivity index (χ2n) is 8.04. The lowest BCUT2D eigenvalue weighted by atomic mass is 10.0. The molecule has 10 heteroatoms. The van der Waals surface area contributed by atoms with Crippen molar-refractivity contribution in [2.24, 2.45) is 5.92 Å². The van der Waals surface area contributed by atoms with Crippen molar-refractivity contribution in [3.63, 3.8) is 0 Å². The molecule has 2 fully saturated rings. The van der Waals surface area contributed by atoms with Crippen LogP contribution in [0.15, 0.2) is 47.3 Å². The summed E-state index contributed by atoms with van der Waals surface area (Å²) in [5.74, 6) is -1.44. The Kier molecular flexibility index (Phi) is 5.94. The number of halogens is 3. The van der Waals surface area contributed by atoms with Crippen molar-refractivity contribution in [2.75, 3.05) is 24.5 Å². The maximum absolute atomic E-state index is 13.0. The number of hydrogen-bond donors (Lipinski definition) is 1. The lowest BCUT2D eigenvalue weighted by Crippen LogP contribution is -2.48. The zero-order valence-electron chi connectivity index (χ0n) is 17.1. The number of benzene rings is 1. The molecule has 0 bridgehead atoms. The molecule has 1 aromatic heterocycles. The average molecular weight is 449 g/mol. The molecule has 0 saturated carbocycles. The Hall–Kier alpha value is -3.30. The lowest BCUT2D eigenvalue weighted by Gasteiger charge is -2.32. The van der Waals surface area contributed by atoms with Crippen LogP contribution in [0.2, 0.25) is 0 Å². The number of amides is 3. The van der Waals surface area contributed by atoms with Gasteiger partial charge in [-0.3, -0.25) is 14.4 Å². The maximum atomic E-state index is 13.0. The van der Waals surface area contributed by atoms with E-state index < -0.39 is 17.7 Å². The number of anilines is 1. The Morgan fingerprint density at radius 1 is 1.12 bits per heavy atom. The van der Waals surface area contributed by atoms with E-state index in [9.17, 15) is 27.6 Å². The molecule has 2 aliphatic rings. The molecule has 0 radical (unpaired) electrons. The van der Waals surface area contributed by atoms with Crippen molar-refractivity contribution in [3.8, 4) is 0 Å².